The Morgan fingerprint density at radius 2 is 1.91 bits per heavy atom. The van der Waals surface area contributed by atoms with E-state index >= 15 is 0 Å². The van der Waals surface area contributed by atoms with Crippen LogP contribution in [0.4, 0.5) is 5.82 Å². The molecule has 1 N–H and O–H groups in total. The van der Waals surface area contributed by atoms with E-state index in [2.05, 4.69) is 20.4 Å². The van der Waals surface area contributed by atoms with Gasteiger partial charge in [-0.2, -0.15) is 5.10 Å². The average molecular weight is 430 g/mol. The summed E-state index contributed by atoms with van der Waals surface area (Å²) in [5.41, 5.74) is 1.79. The maximum Gasteiger partial charge on any atom is 0.275 e. The van der Waals surface area contributed by atoms with Gasteiger partial charge in [0.2, 0.25) is 0 Å². The maximum atomic E-state index is 12.9. The molecule has 0 saturated carbocycles. The van der Waals surface area contributed by atoms with Crippen LogP contribution in [0.15, 0.2) is 65.6 Å². The van der Waals surface area contributed by atoms with Crippen molar-refractivity contribution in [2.24, 2.45) is 0 Å². The number of aromatic nitrogens is 4. The van der Waals surface area contributed by atoms with Gasteiger partial charge in [-0.3, -0.25) is 4.79 Å². The SMILES string of the molecule is Cc1cccc(OCCCNc2cc([C@@H](C)n3ncc4ccccc4c3=O)nc(C)n2)c1. The quantitative estimate of drug-likeness (QED) is 0.421. The third-order valence-corrected chi connectivity index (χ3v) is 5.26. The summed E-state index contributed by atoms with van der Waals surface area (Å²) in [6.45, 7) is 7.14. The molecule has 4 aromatic rings. The molecule has 7 heteroatoms. The zero-order valence-corrected chi connectivity index (χ0v) is 18.6. The second kappa shape index (κ2) is 9.60. The fourth-order valence-corrected chi connectivity index (χ4v) is 3.58. The molecular formula is C25H27N5O2. The molecule has 1 atom stereocenters. The van der Waals surface area contributed by atoms with Crippen molar-refractivity contribution in [3.05, 3.63) is 88.2 Å². The zero-order valence-electron chi connectivity index (χ0n) is 18.6. The number of fused-ring (bicyclic) bond motifs is 1. The smallest absolute Gasteiger partial charge is 0.275 e. The van der Waals surface area contributed by atoms with Gasteiger partial charge in [-0.25, -0.2) is 14.6 Å². The minimum atomic E-state index is -0.320. The van der Waals surface area contributed by atoms with Crippen LogP contribution in [0, 0.1) is 13.8 Å². The molecule has 0 aliphatic carbocycles. The van der Waals surface area contributed by atoms with Crippen molar-refractivity contribution >= 4 is 16.6 Å². The first-order valence-electron chi connectivity index (χ1n) is 10.8. The lowest BCUT2D eigenvalue weighted by molar-refractivity contribution is 0.315. The van der Waals surface area contributed by atoms with E-state index in [4.69, 9.17) is 4.74 Å². The molecule has 0 aliphatic heterocycles. The molecule has 164 valence electrons. The number of aryl methyl sites for hydroxylation is 2. The van der Waals surface area contributed by atoms with Gasteiger partial charge >= 0.3 is 0 Å². The number of nitrogens with zero attached hydrogens (tertiary/aromatic N) is 4. The Balaban J connectivity index is 1.42. The molecule has 0 fully saturated rings. The van der Waals surface area contributed by atoms with Crippen molar-refractivity contribution in [3.63, 3.8) is 0 Å². The van der Waals surface area contributed by atoms with Gasteiger partial charge < -0.3 is 10.1 Å². The van der Waals surface area contributed by atoms with Gasteiger partial charge in [-0.1, -0.05) is 30.3 Å². The molecule has 0 bridgehead atoms. The number of hydrogen-bond donors (Lipinski definition) is 1. The van der Waals surface area contributed by atoms with Crippen LogP contribution in [0.2, 0.25) is 0 Å². The summed E-state index contributed by atoms with van der Waals surface area (Å²) in [5.74, 6) is 2.25. The number of benzene rings is 2. The molecule has 0 amide bonds. The van der Waals surface area contributed by atoms with E-state index in [-0.39, 0.29) is 11.6 Å². The highest BCUT2D eigenvalue weighted by Gasteiger charge is 2.15. The molecule has 0 saturated heterocycles. The lowest BCUT2D eigenvalue weighted by Crippen LogP contribution is -2.27. The first-order chi connectivity index (χ1) is 15.5. The minimum absolute atomic E-state index is 0.130. The Bertz CT molecular complexity index is 1280. The number of rotatable bonds is 8. The van der Waals surface area contributed by atoms with Crippen molar-refractivity contribution in [2.75, 3.05) is 18.5 Å². The Morgan fingerprint density at radius 1 is 1.06 bits per heavy atom. The predicted octanol–water partition coefficient (Wildman–Crippen LogP) is 4.29. The molecule has 0 spiro atoms. The fourth-order valence-electron chi connectivity index (χ4n) is 3.58. The van der Waals surface area contributed by atoms with Crippen LogP contribution >= 0.6 is 0 Å². The molecular weight excluding hydrogens is 402 g/mol. The van der Waals surface area contributed by atoms with Crippen LogP contribution in [-0.2, 0) is 0 Å². The highest BCUT2D eigenvalue weighted by atomic mass is 16.5. The summed E-state index contributed by atoms with van der Waals surface area (Å²) in [7, 11) is 0. The number of anilines is 1. The van der Waals surface area contributed by atoms with Gasteiger partial charge in [0.25, 0.3) is 5.56 Å². The lowest BCUT2D eigenvalue weighted by atomic mass is 10.2. The van der Waals surface area contributed by atoms with Crippen molar-refractivity contribution < 1.29 is 4.74 Å². The molecule has 7 nitrogen and oxygen atoms in total. The summed E-state index contributed by atoms with van der Waals surface area (Å²) in [6, 6.07) is 17.0. The van der Waals surface area contributed by atoms with E-state index in [9.17, 15) is 4.79 Å². The summed E-state index contributed by atoms with van der Waals surface area (Å²) >= 11 is 0. The van der Waals surface area contributed by atoms with E-state index in [1.807, 2.05) is 75.4 Å². The zero-order chi connectivity index (χ0) is 22.5. The Morgan fingerprint density at radius 3 is 2.75 bits per heavy atom. The van der Waals surface area contributed by atoms with Crippen molar-refractivity contribution in [1.82, 2.24) is 19.7 Å². The van der Waals surface area contributed by atoms with Crippen molar-refractivity contribution in [2.45, 2.75) is 33.2 Å². The average Bonchev–Trinajstić information content (AvgIpc) is 2.78. The third-order valence-electron chi connectivity index (χ3n) is 5.26. The molecule has 32 heavy (non-hydrogen) atoms. The minimum Gasteiger partial charge on any atom is -0.494 e. The van der Waals surface area contributed by atoms with Crippen LogP contribution in [0.3, 0.4) is 0 Å². The van der Waals surface area contributed by atoms with Gasteiger partial charge in [0, 0.05) is 18.0 Å². The van der Waals surface area contributed by atoms with Gasteiger partial charge in [0.1, 0.15) is 17.4 Å². The second-order valence-corrected chi connectivity index (χ2v) is 7.83. The highest BCUT2D eigenvalue weighted by Crippen LogP contribution is 2.18. The molecule has 0 unspecified atom stereocenters. The van der Waals surface area contributed by atoms with Crippen molar-refractivity contribution in [3.8, 4) is 5.75 Å². The van der Waals surface area contributed by atoms with Gasteiger partial charge in [-0.05, 0) is 51.0 Å². The first kappa shape index (κ1) is 21.5. The topological polar surface area (TPSA) is 81.9 Å². The molecule has 2 heterocycles. The molecule has 2 aromatic heterocycles. The van der Waals surface area contributed by atoms with Crippen LogP contribution < -0.4 is 15.6 Å². The normalized spacial score (nSPS) is 12.0. The summed E-state index contributed by atoms with van der Waals surface area (Å²) < 4.78 is 7.27. The van der Waals surface area contributed by atoms with Crippen LogP contribution in [0.1, 0.15) is 36.5 Å². The van der Waals surface area contributed by atoms with E-state index in [1.165, 1.54) is 10.2 Å². The monoisotopic (exact) mass is 429 g/mol. The largest absolute Gasteiger partial charge is 0.494 e. The molecule has 0 aliphatic rings. The lowest BCUT2D eigenvalue weighted by Gasteiger charge is -2.16. The maximum absolute atomic E-state index is 12.9. The predicted molar refractivity (Wildman–Crippen MR) is 126 cm³/mol. The number of hydrogen-bond acceptors (Lipinski definition) is 6. The van der Waals surface area contributed by atoms with E-state index in [1.54, 1.807) is 6.20 Å². The molecule has 2 aromatic carbocycles. The fraction of sp³-hybridized carbons (Fsp3) is 0.280. The molecule has 4 rings (SSSR count). The van der Waals surface area contributed by atoms with Gasteiger partial charge in [0.05, 0.1) is 29.9 Å². The van der Waals surface area contributed by atoms with Crippen LogP contribution in [0.25, 0.3) is 10.8 Å². The summed E-state index contributed by atoms with van der Waals surface area (Å²) in [4.78, 5) is 21.9. The van der Waals surface area contributed by atoms with E-state index in [0.717, 1.165) is 29.1 Å². The molecule has 0 radical (unpaired) electrons. The number of ether oxygens (including phenoxy) is 1. The van der Waals surface area contributed by atoms with E-state index < -0.39 is 0 Å². The Labute approximate surface area is 187 Å². The van der Waals surface area contributed by atoms with Crippen LogP contribution in [0.5, 0.6) is 5.75 Å². The second-order valence-electron chi connectivity index (χ2n) is 7.83. The Kier molecular flexibility index (Phi) is 6.44. The third kappa shape index (κ3) is 4.94. The van der Waals surface area contributed by atoms with Crippen molar-refractivity contribution in [1.29, 1.82) is 0 Å². The summed E-state index contributed by atoms with van der Waals surface area (Å²) in [5, 5.41) is 9.18. The number of nitrogens with one attached hydrogen (secondary N) is 1. The van der Waals surface area contributed by atoms with E-state index in [0.29, 0.717) is 24.4 Å². The Hall–Kier alpha value is -3.74. The summed E-state index contributed by atoms with van der Waals surface area (Å²) in [6.07, 6.45) is 2.54. The highest BCUT2D eigenvalue weighted by molar-refractivity contribution is 5.80. The van der Waals surface area contributed by atoms with Gasteiger partial charge in [0.15, 0.2) is 0 Å². The van der Waals surface area contributed by atoms with Gasteiger partial charge in [-0.15, -0.1) is 0 Å². The first-order valence-corrected chi connectivity index (χ1v) is 10.8. The standard InChI is InChI=1S/C25H27N5O2/c1-17-8-6-10-21(14-17)32-13-7-12-26-24-15-23(28-19(3)29-24)18(2)30-25(31)22-11-5-4-9-20(22)16-27-30/h4-6,8-11,14-16,18H,7,12-13H2,1-3H3,(H,26,28,29)/t18-/m1/s1. The van der Waals surface area contributed by atoms with Crippen LogP contribution in [-0.4, -0.2) is 32.9 Å².